The zero-order chi connectivity index (χ0) is 14.3. The molecule has 0 fully saturated rings. The molecule has 1 aromatic rings. The Balaban J connectivity index is 2.45. The van der Waals surface area contributed by atoms with Gasteiger partial charge in [0.25, 0.3) is 5.91 Å². The molecule has 0 heterocycles. The molecule has 0 saturated heterocycles. The molecule has 0 aliphatic carbocycles. The fraction of sp³-hybridized carbons (Fsp3) is 0.417. The van der Waals surface area contributed by atoms with Crippen LogP contribution in [0.5, 0.6) is 5.75 Å². The Morgan fingerprint density at radius 2 is 2.21 bits per heavy atom. The molecule has 0 aliphatic rings. The van der Waals surface area contributed by atoms with E-state index >= 15 is 0 Å². The highest BCUT2D eigenvalue weighted by Gasteiger charge is 2.12. The second-order valence-corrected chi connectivity index (χ2v) is 4.61. The van der Waals surface area contributed by atoms with E-state index in [4.69, 9.17) is 37.8 Å². The van der Waals surface area contributed by atoms with Gasteiger partial charge in [0.2, 0.25) is 0 Å². The van der Waals surface area contributed by atoms with Crippen molar-refractivity contribution < 1.29 is 19.4 Å². The van der Waals surface area contributed by atoms with Gasteiger partial charge in [-0.25, -0.2) is 0 Å². The summed E-state index contributed by atoms with van der Waals surface area (Å²) in [5, 5.41) is 12.4. The minimum atomic E-state index is -0.457. The third-order valence-corrected chi connectivity index (χ3v) is 2.74. The number of carbonyl (C=O) groups excluding carboxylic acids is 1. The SMILES string of the molecule is COCC(CO)NC(=O)COc1ccc(Cl)cc1Cl. The predicted molar refractivity (Wildman–Crippen MR) is 72.8 cm³/mol. The Morgan fingerprint density at radius 1 is 1.47 bits per heavy atom. The van der Waals surface area contributed by atoms with Crippen molar-refractivity contribution >= 4 is 29.1 Å². The fourth-order valence-electron chi connectivity index (χ4n) is 1.35. The number of hydrogen-bond donors (Lipinski definition) is 2. The van der Waals surface area contributed by atoms with Gasteiger partial charge in [0.05, 0.1) is 24.3 Å². The lowest BCUT2D eigenvalue weighted by molar-refractivity contribution is -0.124. The quantitative estimate of drug-likeness (QED) is 0.801. The molecule has 2 N–H and O–H groups in total. The van der Waals surface area contributed by atoms with Crippen LogP contribution in [-0.2, 0) is 9.53 Å². The summed E-state index contributed by atoms with van der Waals surface area (Å²) in [6, 6.07) is 4.26. The fourth-order valence-corrected chi connectivity index (χ4v) is 1.81. The summed E-state index contributed by atoms with van der Waals surface area (Å²) in [5.74, 6) is -0.00405. The lowest BCUT2D eigenvalue weighted by atomic mass is 10.3. The summed E-state index contributed by atoms with van der Waals surface area (Å²) >= 11 is 11.6. The van der Waals surface area contributed by atoms with Gasteiger partial charge in [0, 0.05) is 12.1 Å². The Bertz CT molecular complexity index is 428. The third kappa shape index (κ3) is 5.65. The molecule has 1 amide bonds. The predicted octanol–water partition coefficient (Wildman–Crippen LogP) is 1.50. The number of carbonyl (C=O) groups is 1. The maximum atomic E-state index is 11.6. The number of amides is 1. The minimum Gasteiger partial charge on any atom is -0.482 e. The molecule has 5 nitrogen and oxygen atoms in total. The number of benzene rings is 1. The van der Waals surface area contributed by atoms with Crippen molar-refractivity contribution in [2.75, 3.05) is 26.9 Å². The molecule has 7 heteroatoms. The first-order chi connectivity index (χ1) is 9.06. The van der Waals surface area contributed by atoms with Gasteiger partial charge in [-0.3, -0.25) is 4.79 Å². The van der Waals surface area contributed by atoms with Crippen LogP contribution in [0.4, 0.5) is 0 Å². The lowest BCUT2D eigenvalue weighted by Crippen LogP contribution is -2.42. The first-order valence-electron chi connectivity index (χ1n) is 5.53. The summed E-state index contributed by atoms with van der Waals surface area (Å²) in [6.45, 7) is -0.188. The van der Waals surface area contributed by atoms with Crippen LogP contribution in [0.25, 0.3) is 0 Å². The average molecular weight is 308 g/mol. The van der Waals surface area contributed by atoms with E-state index in [9.17, 15) is 4.79 Å². The molecule has 1 rings (SSSR count). The second kappa shape index (κ2) is 8.22. The largest absolute Gasteiger partial charge is 0.482 e. The molecule has 0 spiro atoms. The van der Waals surface area contributed by atoms with Crippen molar-refractivity contribution in [1.82, 2.24) is 5.32 Å². The van der Waals surface area contributed by atoms with Crippen LogP contribution in [0.1, 0.15) is 0 Å². The van der Waals surface area contributed by atoms with E-state index in [2.05, 4.69) is 5.32 Å². The number of aliphatic hydroxyl groups excluding tert-OH is 1. The van der Waals surface area contributed by atoms with Gasteiger partial charge in [-0.2, -0.15) is 0 Å². The van der Waals surface area contributed by atoms with E-state index in [1.54, 1.807) is 12.1 Å². The van der Waals surface area contributed by atoms with Crippen LogP contribution in [0.2, 0.25) is 10.0 Å². The van der Waals surface area contributed by atoms with E-state index in [0.29, 0.717) is 15.8 Å². The Morgan fingerprint density at radius 3 is 2.79 bits per heavy atom. The summed E-state index contributed by atoms with van der Waals surface area (Å²) in [4.78, 5) is 11.6. The van der Waals surface area contributed by atoms with Gasteiger partial charge in [0.1, 0.15) is 5.75 Å². The van der Waals surface area contributed by atoms with Crippen molar-refractivity contribution in [3.05, 3.63) is 28.2 Å². The smallest absolute Gasteiger partial charge is 0.258 e. The second-order valence-electron chi connectivity index (χ2n) is 3.77. The van der Waals surface area contributed by atoms with E-state index in [1.165, 1.54) is 13.2 Å². The standard InChI is InChI=1S/C12H15Cl2NO4/c1-18-6-9(5-16)15-12(17)7-19-11-3-2-8(13)4-10(11)14/h2-4,9,16H,5-7H2,1H3,(H,15,17). The topological polar surface area (TPSA) is 67.8 Å². The maximum Gasteiger partial charge on any atom is 0.258 e. The molecule has 1 atom stereocenters. The first kappa shape index (κ1) is 16.0. The van der Waals surface area contributed by atoms with Crippen LogP contribution in [-0.4, -0.2) is 44.0 Å². The van der Waals surface area contributed by atoms with Gasteiger partial charge in [-0.1, -0.05) is 23.2 Å². The number of aliphatic hydroxyl groups is 1. The van der Waals surface area contributed by atoms with E-state index in [0.717, 1.165) is 0 Å². The number of ether oxygens (including phenoxy) is 2. The van der Waals surface area contributed by atoms with Gasteiger partial charge in [-0.15, -0.1) is 0 Å². The maximum absolute atomic E-state index is 11.6. The highest BCUT2D eigenvalue weighted by atomic mass is 35.5. The molecule has 1 aromatic carbocycles. The zero-order valence-electron chi connectivity index (χ0n) is 10.4. The summed E-state index contributed by atoms with van der Waals surface area (Å²) in [7, 11) is 1.48. The molecule has 0 aromatic heterocycles. The lowest BCUT2D eigenvalue weighted by Gasteiger charge is -2.15. The van der Waals surface area contributed by atoms with Crippen molar-refractivity contribution in [1.29, 1.82) is 0 Å². The minimum absolute atomic E-state index is 0.207. The van der Waals surface area contributed by atoms with Crippen LogP contribution >= 0.6 is 23.2 Å². The van der Waals surface area contributed by atoms with Crippen LogP contribution in [0, 0.1) is 0 Å². The molecule has 0 saturated carbocycles. The molecule has 0 bridgehead atoms. The van der Waals surface area contributed by atoms with E-state index in [1.807, 2.05) is 0 Å². The highest BCUT2D eigenvalue weighted by molar-refractivity contribution is 6.35. The number of halogens is 2. The van der Waals surface area contributed by atoms with Crippen molar-refractivity contribution in [3.8, 4) is 5.75 Å². The van der Waals surface area contributed by atoms with Crippen molar-refractivity contribution in [2.24, 2.45) is 0 Å². The van der Waals surface area contributed by atoms with Gasteiger partial charge in [-0.05, 0) is 18.2 Å². The Labute approximate surface area is 121 Å². The summed E-state index contributed by atoms with van der Waals surface area (Å²) in [6.07, 6.45) is 0. The summed E-state index contributed by atoms with van der Waals surface area (Å²) in [5.41, 5.74) is 0. The van der Waals surface area contributed by atoms with Crippen molar-refractivity contribution in [3.63, 3.8) is 0 Å². The molecule has 19 heavy (non-hydrogen) atoms. The number of rotatable bonds is 7. The monoisotopic (exact) mass is 307 g/mol. The molecule has 0 aliphatic heterocycles. The van der Waals surface area contributed by atoms with Crippen LogP contribution in [0.3, 0.4) is 0 Å². The number of methoxy groups -OCH3 is 1. The van der Waals surface area contributed by atoms with Gasteiger partial charge >= 0.3 is 0 Å². The third-order valence-electron chi connectivity index (χ3n) is 2.21. The summed E-state index contributed by atoms with van der Waals surface area (Å²) < 4.78 is 10.1. The van der Waals surface area contributed by atoms with E-state index in [-0.39, 0.29) is 25.7 Å². The van der Waals surface area contributed by atoms with Gasteiger partial charge < -0.3 is 19.9 Å². The van der Waals surface area contributed by atoms with Crippen LogP contribution < -0.4 is 10.1 Å². The Kier molecular flexibility index (Phi) is 6.94. The molecule has 106 valence electrons. The molecular formula is C12H15Cl2NO4. The van der Waals surface area contributed by atoms with Gasteiger partial charge in [0.15, 0.2) is 6.61 Å². The molecule has 0 radical (unpaired) electrons. The first-order valence-corrected chi connectivity index (χ1v) is 6.29. The Hall–Kier alpha value is -1.01. The zero-order valence-corrected chi connectivity index (χ0v) is 11.9. The normalized spacial score (nSPS) is 12.0. The van der Waals surface area contributed by atoms with Crippen LogP contribution in [0.15, 0.2) is 18.2 Å². The van der Waals surface area contributed by atoms with E-state index < -0.39 is 6.04 Å². The average Bonchev–Trinajstić information content (AvgIpc) is 2.37. The number of nitrogens with one attached hydrogen (secondary N) is 1. The molecular weight excluding hydrogens is 293 g/mol. The molecule has 1 unspecified atom stereocenters. The highest BCUT2D eigenvalue weighted by Crippen LogP contribution is 2.27. The number of hydrogen-bond acceptors (Lipinski definition) is 4. The van der Waals surface area contributed by atoms with Crippen molar-refractivity contribution in [2.45, 2.75) is 6.04 Å².